The fourth-order valence-corrected chi connectivity index (χ4v) is 3.37. The van der Waals surface area contributed by atoms with Gasteiger partial charge in [0.25, 0.3) is 5.91 Å². The van der Waals surface area contributed by atoms with Gasteiger partial charge in [0.2, 0.25) is 0 Å². The molecule has 0 saturated heterocycles. The summed E-state index contributed by atoms with van der Waals surface area (Å²) < 4.78 is 40.2. The van der Waals surface area contributed by atoms with E-state index >= 15 is 0 Å². The number of hydrogen-bond acceptors (Lipinski definition) is 1. The van der Waals surface area contributed by atoms with Crippen molar-refractivity contribution < 1.29 is 18.0 Å². The van der Waals surface area contributed by atoms with E-state index in [9.17, 15) is 18.0 Å². The van der Waals surface area contributed by atoms with Crippen LogP contribution in [-0.2, 0) is 0 Å². The van der Waals surface area contributed by atoms with Gasteiger partial charge in [-0.3, -0.25) is 4.79 Å². The second-order valence-electron chi connectivity index (χ2n) is 5.80. The quantitative estimate of drug-likeness (QED) is 0.802. The summed E-state index contributed by atoms with van der Waals surface area (Å²) >= 11 is 3.38. The van der Waals surface area contributed by atoms with Crippen molar-refractivity contribution in [3.63, 3.8) is 0 Å². The van der Waals surface area contributed by atoms with Gasteiger partial charge in [0.15, 0.2) is 0 Å². The number of halogens is 4. The molecule has 0 aromatic heterocycles. The number of carbonyl (C=O) groups excluding carboxylic acids is 1. The Balaban J connectivity index is 2.21. The molecule has 0 atom stereocenters. The molecule has 1 aliphatic rings. The average molecular weight is 364 g/mol. The number of alkyl halides is 1. The van der Waals surface area contributed by atoms with Crippen LogP contribution in [0.4, 0.5) is 13.2 Å². The van der Waals surface area contributed by atoms with Crippen molar-refractivity contribution in [2.45, 2.75) is 38.1 Å². The summed E-state index contributed by atoms with van der Waals surface area (Å²) in [5.41, 5.74) is -1.23. The van der Waals surface area contributed by atoms with Crippen molar-refractivity contribution in [3.05, 3.63) is 35.1 Å². The first-order valence-corrected chi connectivity index (χ1v) is 8.02. The Morgan fingerprint density at radius 3 is 2.29 bits per heavy atom. The van der Waals surface area contributed by atoms with E-state index in [1.807, 2.05) is 0 Å². The molecule has 1 N–H and O–H groups in total. The molecule has 116 valence electrons. The summed E-state index contributed by atoms with van der Waals surface area (Å²) in [5, 5.41) is 3.25. The Bertz CT molecular complexity index is 519. The molecule has 2 rings (SSSR count). The molecular formula is C15H17BrF3NO. The molecule has 0 radical (unpaired) electrons. The summed E-state index contributed by atoms with van der Waals surface area (Å²) in [4.78, 5) is 12.2. The van der Waals surface area contributed by atoms with Gasteiger partial charge >= 0.3 is 0 Å². The van der Waals surface area contributed by atoms with Gasteiger partial charge in [0, 0.05) is 17.5 Å². The van der Waals surface area contributed by atoms with Crippen LogP contribution in [0.5, 0.6) is 0 Å². The van der Waals surface area contributed by atoms with E-state index in [0.29, 0.717) is 23.4 Å². The number of carbonyl (C=O) groups is 1. The Morgan fingerprint density at radius 2 is 1.81 bits per heavy atom. The van der Waals surface area contributed by atoms with Gasteiger partial charge in [-0.25, -0.2) is 13.2 Å². The van der Waals surface area contributed by atoms with Gasteiger partial charge in [-0.15, -0.1) is 0 Å². The lowest BCUT2D eigenvalue weighted by Crippen LogP contribution is -2.52. The minimum Gasteiger partial charge on any atom is -0.346 e. The second kappa shape index (κ2) is 6.38. The van der Waals surface area contributed by atoms with E-state index in [1.165, 1.54) is 0 Å². The molecular weight excluding hydrogens is 347 g/mol. The molecule has 1 fully saturated rings. The molecule has 2 nitrogen and oxygen atoms in total. The van der Waals surface area contributed by atoms with Gasteiger partial charge in [0.1, 0.15) is 23.0 Å². The van der Waals surface area contributed by atoms with Crippen molar-refractivity contribution >= 4 is 21.8 Å². The van der Waals surface area contributed by atoms with Gasteiger partial charge < -0.3 is 5.32 Å². The van der Waals surface area contributed by atoms with Gasteiger partial charge in [-0.1, -0.05) is 22.9 Å². The van der Waals surface area contributed by atoms with Crippen LogP contribution >= 0.6 is 15.9 Å². The van der Waals surface area contributed by atoms with Gasteiger partial charge in [0.05, 0.1) is 5.54 Å². The minimum absolute atomic E-state index is 0.503. The molecule has 1 saturated carbocycles. The molecule has 1 aromatic rings. The highest BCUT2D eigenvalue weighted by Crippen LogP contribution is 2.33. The minimum atomic E-state index is -1.18. The molecule has 0 heterocycles. The van der Waals surface area contributed by atoms with E-state index in [0.717, 1.165) is 25.7 Å². The first-order valence-electron chi connectivity index (χ1n) is 6.90. The largest absolute Gasteiger partial charge is 0.346 e. The van der Waals surface area contributed by atoms with Crippen molar-refractivity contribution in [1.29, 1.82) is 0 Å². The zero-order valence-corrected chi connectivity index (χ0v) is 13.3. The summed E-state index contributed by atoms with van der Waals surface area (Å²) in [5.74, 6) is -3.66. The zero-order valence-electron chi connectivity index (χ0n) is 11.7. The van der Waals surface area contributed by atoms with Crippen LogP contribution in [0.25, 0.3) is 0 Å². The molecule has 1 aliphatic carbocycles. The Hall–Kier alpha value is -1.04. The topological polar surface area (TPSA) is 29.1 Å². The van der Waals surface area contributed by atoms with E-state index in [-0.39, 0.29) is 0 Å². The normalized spacial score (nSPS) is 25.7. The lowest BCUT2D eigenvalue weighted by atomic mass is 9.78. The fraction of sp³-hybridized carbons (Fsp3) is 0.533. The molecule has 0 spiro atoms. The van der Waals surface area contributed by atoms with Crippen LogP contribution in [0.1, 0.15) is 43.0 Å². The van der Waals surface area contributed by atoms with Gasteiger partial charge in [-0.05, 0) is 31.6 Å². The molecule has 1 amide bonds. The first-order chi connectivity index (χ1) is 9.87. The lowest BCUT2D eigenvalue weighted by molar-refractivity contribution is 0.0865. The third kappa shape index (κ3) is 3.59. The molecule has 0 unspecified atom stereocenters. The summed E-state index contributed by atoms with van der Waals surface area (Å²) in [6, 6.07) is 1.03. The van der Waals surface area contributed by atoms with E-state index in [2.05, 4.69) is 28.2 Å². The van der Waals surface area contributed by atoms with Crippen LogP contribution in [0, 0.1) is 23.4 Å². The fourth-order valence-electron chi connectivity index (χ4n) is 2.67. The molecule has 21 heavy (non-hydrogen) atoms. The summed E-state index contributed by atoms with van der Waals surface area (Å²) in [6.45, 7) is 2.14. The number of rotatable bonds is 3. The van der Waals surface area contributed by atoms with Crippen molar-refractivity contribution in [1.82, 2.24) is 5.32 Å². The van der Waals surface area contributed by atoms with E-state index in [4.69, 9.17) is 0 Å². The van der Waals surface area contributed by atoms with Crippen LogP contribution in [0.2, 0.25) is 0 Å². The number of amides is 1. The van der Waals surface area contributed by atoms with E-state index in [1.54, 1.807) is 0 Å². The number of hydrogen-bond donors (Lipinski definition) is 1. The van der Waals surface area contributed by atoms with Crippen LogP contribution in [0.3, 0.4) is 0 Å². The third-order valence-corrected chi connectivity index (χ3v) is 5.17. The highest BCUT2D eigenvalue weighted by molar-refractivity contribution is 9.09. The maximum atomic E-state index is 13.7. The Labute approximate surface area is 130 Å². The number of nitrogens with one attached hydrogen (secondary N) is 1. The lowest BCUT2D eigenvalue weighted by Gasteiger charge is -2.39. The summed E-state index contributed by atoms with van der Waals surface area (Å²) in [6.07, 6.45) is 3.38. The van der Waals surface area contributed by atoms with E-state index < -0.39 is 34.5 Å². The smallest absolute Gasteiger partial charge is 0.257 e. The highest BCUT2D eigenvalue weighted by atomic mass is 79.9. The molecule has 0 aliphatic heterocycles. The maximum Gasteiger partial charge on any atom is 0.257 e. The van der Waals surface area contributed by atoms with Gasteiger partial charge in [-0.2, -0.15) is 0 Å². The Kier molecular flexibility index (Phi) is 4.96. The SMILES string of the molecule is CC1CCC(CBr)(NC(=O)c2c(F)cc(F)cc2F)CC1. The van der Waals surface area contributed by atoms with Crippen LogP contribution < -0.4 is 5.32 Å². The van der Waals surface area contributed by atoms with Crippen molar-refractivity contribution in [2.24, 2.45) is 5.92 Å². The second-order valence-corrected chi connectivity index (χ2v) is 6.36. The molecule has 6 heteroatoms. The Morgan fingerprint density at radius 1 is 1.29 bits per heavy atom. The van der Waals surface area contributed by atoms with Crippen LogP contribution in [0.15, 0.2) is 12.1 Å². The van der Waals surface area contributed by atoms with Crippen molar-refractivity contribution in [3.8, 4) is 0 Å². The third-order valence-electron chi connectivity index (χ3n) is 4.10. The first kappa shape index (κ1) is 16.3. The predicted octanol–water partition coefficient (Wildman–Crippen LogP) is 4.18. The standard InChI is InChI=1S/C15H17BrF3NO/c1-9-2-4-15(8-16,5-3-9)20-14(21)13-11(18)6-10(17)7-12(13)19/h6-7,9H,2-5,8H2,1H3,(H,20,21). The molecule has 0 bridgehead atoms. The average Bonchev–Trinajstić information content (AvgIpc) is 2.40. The highest BCUT2D eigenvalue weighted by Gasteiger charge is 2.36. The molecule has 1 aromatic carbocycles. The van der Waals surface area contributed by atoms with Crippen LogP contribution in [-0.4, -0.2) is 16.8 Å². The van der Waals surface area contributed by atoms with Crippen molar-refractivity contribution in [2.75, 3.05) is 5.33 Å². The summed E-state index contributed by atoms with van der Waals surface area (Å²) in [7, 11) is 0. The predicted molar refractivity (Wildman–Crippen MR) is 77.9 cm³/mol. The zero-order chi connectivity index (χ0) is 15.6. The number of benzene rings is 1. The maximum absolute atomic E-state index is 13.7. The monoisotopic (exact) mass is 363 g/mol.